The van der Waals surface area contributed by atoms with Crippen LogP contribution in [0.2, 0.25) is 0 Å². The van der Waals surface area contributed by atoms with Crippen molar-refractivity contribution in [2.75, 3.05) is 0 Å². The fourth-order valence-corrected chi connectivity index (χ4v) is 1.87. The Morgan fingerprint density at radius 1 is 1.47 bits per heavy atom. The van der Waals surface area contributed by atoms with Crippen molar-refractivity contribution in [1.82, 2.24) is 10.1 Å². The third-order valence-corrected chi connectivity index (χ3v) is 2.78. The molecule has 0 fully saturated rings. The van der Waals surface area contributed by atoms with E-state index in [2.05, 4.69) is 26.1 Å². The normalized spacial score (nSPS) is 10.5. The van der Waals surface area contributed by atoms with Gasteiger partial charge in [-0.25, -0.2) is 0 Å². The minimum Gasteiger partial charge on any atom is -0.484 e. The Balaban J connectivity index is 2.04. The Hall–Kier alpha value is -1.40. The van der Waals surface area contributed by atoms with E-state index in [0.29, 0.717) is 18.3 Å². The molecule has 0 radical (unpaired) electrons. The molecule has 0 saturated carbocycles. The lowest BCUT2D eigenvalue weighted by molar-refractivity contribution is 0.284. The van der Waals surface area contributed by atoms with Gasteiger partial charge in [-0.3, -0.25) is 0 Å². The van der Waals surface area contributed by atoms with E-state index in [1.165, 1.54) is 0 Å². The first-order valence-corrected chi connectivity index (χ1v) is 5.89. The molecule has 2 rings (SSSR count). The number of hydrogen-bond donors (Lipinski definition) is 1. The van der Waals surface area contributed by atoms with Gasteiger partial charge in [0.2, 0.25) is 11.7 Å². The highest BCUT2D eigenvalue weighted by atomic mass is 79.9. The first kappa shape index (κ1) is 12.1. The van der Waals surface area contributed by atoms with Gasteiger partial charge in [0, 0.05) is 13.5 Å². The van der Waals surface area contributed by atoms with Gasteiger partial charge in [0.05, 0.1) is 4.47 Å². The molecule has 0 spiro atoms. The second kappa shape index (κ2) is 5.29. The molecule has 17 heavy (non-hydrogen) atoms. The zero-order valence-corrected chi connectivity index (χ0v) is 10.9. The van der Waals surface area contributed by atoms with Crippen molar-refractivity contribution in [1.29, 1.82) is 0 Å². The lowest BCUT2D eigenvalue weighted by Crippen LogP contribution is -2.00. The van der Waals surface area contributed by atoms with Crippen LogP contribution in [0.3, 0.4) is 0 Å². The zero-order valence-electron chi connectivity index (χ0n) is 9.31. The third kappa shape index (κ3) is 3.04. The van der Waals surface area contributed by atoms with Crippen molar-refractivity contribution in [3.8, 4) is 5.75 Å². The molecule has 90 valence electrons. The third-order valence-electron chi connectivity index (χ3n) is 2.16. The van der Waals surface area contributed by atoms with Gasteiger partial charge in [0.15, 0.2) is 6.61 Å². The van der Waals surface area contributed by atoms with Gasteiger partial charge >= 0.3 is 0 Å². The highest BCUT2D eigenvalue weighted by molar-refractivity contribution is 9.10. The number of nitrogens with zero attached hydrogens (tertiary/aromatic N) is 2. The van der Waals surface area contributed by atoms with E-state index in [4.69, 9.17) is 15.0 Å². The zero-order chi connectivity index (χ0) is 12.3. The second-order valence-corrected chi connectivity index (χ2v) is 4.34. The minimum atomic E-state index is 0.276. The maximum Gasteiger partial charge on any atom is 0.223 e. The molecule has 1 heterocycles. The predicted octanol–water partition coefficient (Wildman–Crippen LogP) is 2.18. The maximum atomic E-state index is 5.56. The smallest absolute Gasteiger partial charge is 0.223 e. The van der Waals surface area contributed by atoms with Crippen LogP contribution in [0.15, 0.2) is 27.2 Å². The maximum absolute atomic E-state index is 5.56. The Morgan fingerprint density at radius 2 is 2.29 bits per heavy atom. The molecule has 0 bridgehead atoms. The molecule has 0 saturated heterocycles. The average molecular weight is 298 g/mol. The number of ether oxygens (including phenoxy) is 1. The summed E-state index contributed by atoms with van der Waals surface area (Å²) in [5.74, 6) is 1.78. The van der Waals surface area contributed by atoms with E-state index < -0.39 is 0 Å². The Bertz CT molecular complexity index is 513. The lowest BCUT2D eigenvalue weighted by Gasteiger charge is -2.07. The molecule has 1 aromatic carbocycles. The quantitative estimate of drug-likeness (QED) is 0.936. The Kier molecular flexibility index (Phi) is 3.75. The molecule has 2 N–H and O–H groups in total. The van der Waals surface area contributed by atoms with Crippen LogP contribution in [-0.4, -0.2) is 10.1 Å². The second-order valence-electron chi connectivity index (χ2n) is 3.49. The summed E-state index contributed by atoms with van der Waals surface area (Å²) in [5.41, 5.74) is 6.58. The standard InChI is InChI=1S/C11H12BrN3O2/c1-7-14-11(15-17-7)6-16-10-3-2-8(5-13)4-9(10)12/h2-4H,5-6,13H2,1H3. The van der Waals surface area contributed by atoms with Gasteiger partial charge in [-0.15, -0.1) is 0 Å². The molecule has 1 aromatic heterocycles. The van der Waals surface area contributed by atoms with Crippen molar-refractivity contribution in [2.45, 2.75) is 20.1 Å². The molecule has 0 aliphatic heterocycles. The number of nitrogens with two attached hydrogens (primary N) is 1. The van der Waals surface area contributed by atoms with Crippen LogP contribution in [-0.2, 0) is 13.2 Å². The summed E-state index contributed by atoms with van der Waals surface area (Å²) in [6.07, 6.45) is 0. The summed E-state index contributed by atoms with van der Waals surface area (Å²) in [6, 6.07) is 5.71. The first-order chi connectivity index (χ1) is 8.19. The molecule has 0 unspecified atom stereocenters. The molecule has 6 heteroatoms. The summed E-state index contributed by atoms with van der Waals surface area (Å²) in [6.45, 7) is 2.52. The van der Waals surface area contributed by atoms with Crippen LogP contribution in [0, 0.1) is 6.92 Å². The van der Waals surface area contributed by atoms with E-state index >= 15 is 0 Å². The van der Waals surface area contributed by atoms with E-state index in [-0.39, 0.29) is 6.61 Å². The number of hydrogen-bond acceptors (Lipinski definition) is 5. The molecule has 0 aliphatic carbocycles. The number of rotatable bonds is 4. The average Bonchev–Trinajstić information content (AvgIpc) is 2.73. The topological polar surface area (TPSA) is 74.2 Å². The SMILES string of the molecule is Cc1nc(COc2ccc(CN)cc2Br)no1. The van der Waals surface area contributed by atoms with E-state index in [0.717, 1.165) is 15.8 Å². The van der Waals surface area contributed by atoms with Crippen molar-refractivity contribution < 1.29 is 9.26 Å². The van der Waals surface area contributed by atoms with E-state index in [1.807, 2.05) is 18.2 Å². The monoisotopic (exact) mass is 297 g/mol. The van der Waals surface area contributed by atoms with Crippen LogP contribution in [0.25, 0.3) is 0 Å². The molecule has 0 aliphatic rings. The van der Waals surface area contributed by atoms with Crippen LogP contribution in [0.4, 0.5) is 0 Å². The molecule has 2 aromatic rings. The van der Waals surface area contributed by atoms with Gasteiger partial charge in [-0.05, 0) is 33.6 Å². The van der Waals surface area contributed by atoms with Crippen molar-refractivity contribution >= 4 is 15.9 Å². The molecular formula is C11H12BrN3O2. The summed E-state index contributed by atoms with van der Waals surface area (Å²) in [5, 5.41) is 3.75. The Labute approximate surface area is 107 Å². The molecule has 0 atom stereocenters. The fourth-order valence-electron chi connectivity index (χ4n) is 1.33. The van der Waals surface area contributed by atoms with Crippen LogP contribution >= 0.6 is 15.9 Å². The van der Waals surface area contributed by atoms with Gasteiger partial charge in [0.25, 0.3) is 0 Å². The van der Waals surface area contributed by atoms with Crippen molar-refractivity contribution in [3.05, 3.63) is 40.0 Å². The van der Waals surface area contributed by atoms with Crippen molar-refractivity contribution in [2.24, 2.45) is 5.73 Å². The number of benzene rings is 1. The summed E-state index contributed by atoms with van der Waals surface area (Å²) in [4.78, 5) is 4.05. The van der Waals surface area contributed by atoms with Crippen LogP contribution < -0.4 is 10.5 Å². The largest absolute Gasteiger partial charge is 0.484 e. The number of aromatic nitrogens is 2. The van der Waals surface area contributed by atoms with E-state index in [1.54, 1.807) is 6.92 Å². The molecular weight excluding hydrogens is 286 g/mol. The highest BCUT2D eigenvalue weighted by Crippen LogP contribution is 2.26. The van der Waals surface area contributed by atoms with Gasteiger partial charge in [-0.1, -0.05) is 11.2 Å². The molecule has 0 amide bonds. The van der Waals surface area contributed by atoms with Crippen LogP contribution in [0.1, 0.15) is 17.3 Å². The van der Waals surface area contributed by atoms with Gasteiger partial charge in [-0.2, -0.15) is 4.98 Å². The fraction of sp³-hybridized carbons (Fsp3) is 0.273. The molecule has 5 nitrogen and oxygen atoms in total. The first-order valence-electron chi connectivity index (χ1n) is 5.09. The predicted molar refractivity (Wildman–Crippen MR) is 65.4 cm³/mol. The van der Waals surface area contributed by atoms with Gasteiger partial charge in [0.1, 0.15) is 5.75 Å². The van der Waals surface area contributed by atoms with E-state index in [9.17, 15) is 0 Å². The van der Waals surface area contributed by atoms with Crippen molar-refractivity contribution in [3.63, 3.8) is 0 Å². The summed E-state index contributed by atoms with van der Waals surface area (Å²) < 4.78 is 11.3. The van der Waals surface area contributed by atoms with Gasteiger partial charge < -0.3 is 15.0 Å². The number of halogens is 1. The summed E-state index contributed by atoms with van der Waals surface area (Å²) in [7, 11) is 0. The lowest BCUT2D eigenvalue weighted by atomic mass is 10.2. The minimum absolute atomic E-state index is 0.276. The number of aryl methyl sites for hydroxylation is 1. The summed E-state index contributed by atoms with van der Waals surface area (Å²) >= 11 is 3.42. The van der Waals surface area contributed by atoms with Crippen LogP contribution in [0.5, 0.6) is 5.75 Å². The highest BCUT2D eigenvalue weighted by Gasteiger charge is 2.06. The Morgan fingerprint density at radius 3 is 2.88 bits per heavy atom.